The van der Waals surface area contributed by atoms with Gasteiger partial charge in [0.1, 0.15) is 11.6 Å². The monoisotopic (exact) mass is 460 g/mol. The first-order valence-corrected chi connectivity index (χ1v) is 9.41. The van der Waals surface area contributed by atoms with Crippen molar-refractivity contribution in [2.75, 3.05) is 30.4 Å². The molecule has 1 aromatic carbocycles. The van der Waals surface area contributed by atoms with E-state index >= 15 is 0 Å². The van der Waals surface area contributed by atoms with Gasteiger partial charge in [0.15, 0.2) is 0 Å². The predicted octanol–water partition coefficient (Wildman–Crippen LogP) is 4.62. The van der Waals surface area contributed by atoms with Crippen LogP contribution in [0, 0.1) is 0 Å². The highest BCUT2D eigenvalue weighted by Crippen LogP contribution is 2.35. The van der Waals surface area contributed by atoms with E-state index in [1.165, 1.54) is 13.2 Å². The molecule has 1 fully saturated rings. The molecule has 6 nitrogen and oxygen atoms in total. The number of hydrogen-bond donors (Lipinski definition) is 1. The number of alkyl halides is 3. The molecule has 0 amide bonds. The van der Waals surface area contributed by atoms with E-state index in [2.05, 4.69) is 36.1 Å². The third-order valence-electron chi connectivity index (χ3n) is 4.17. The molecule has 1 saturated heterocycles. The highest BCUT2D eigenvalue weighted by Gasteiger charge is 2.31. The van der Waals surface area contributed by atoms with E-state index in [0.717, 1.165) is 12.1 Å². The smallest absolute Gasteiger partial charge is 0.416 e. The maximum atomic E-state index is 13.1. The minimum absolute atomic E-state index is 0.0368. The van der Waals surface area contributed by atoms with Crippen molar-refractivity contribution in [3.05, 3.63) is 34.4 Å². The van der Waals surface area contributed by atoms with E-state index in [1.54, 1.807) is 6.20 Å². The molecule has 28 heavy (non-hydrogen) atoms. The van der Waals surface area contributed by atoms with Gasteiger partial charge in [-0.2, -0.15) is 18.2 Å². The molecule has 0 aliphatic carbocycles. The first kappa shape index (κ1) is 20.7. The molecular weight excluding hydrogens is 441 g/mol. The predicted molar refractivity (Wildman–Crippen MR) is 103 cm³/mol. The van der Waals surface area contributed by atoms with Gasteiger partial charge in [0.05, 0.1) is 29.4 Å². The second-order valence-corrected chi connectivity index (χ2v) is 7.45. The third kappa shape index (κ3) is 4.85. The van der Waals surface area contributed by atoms with E-state index < -0.39 is 11.7 Å². The van der Waals surface area contributed by atoms with Gasteiger partial charge in [-0.3, -0.25) is 0 Å². The Morgan fingerprint density at radius 2 is 1.89 bits per heavy atom. The van der Waals surface area contributed by atoms with Crippen molar-refractivity contribution in [2.24, 2.45) is 0 Å². The Kier molecular flexibility index (Phi) is 5.99. The van der Waals surface area contributed by atoms with E-state index in [9.17, 15) is 13.2 Å². The zero-order valence-corrected chi connectivity index (χ0v) is 17.1. The van der Waals surface area contributed by atoms with Crippen LogP contribution in [-0.4, -0.2) is 42.4 Å². The van der Waals surface area contributed by atoms with E-state index in [0.29, 0.717) is 23.4 Å². The van der Waals surface area contributed by atoms with Gasteiger partial charge in [0.25, 0.3) is 0 Å². The number of methoxy groups -OCH3 is 1. The number of ether oxygens (including phenoxy) is 2. The second-order valence-electron chi connectivity index (χ2n) is 6.60. The largest absolute Gasteiger partial charge is 0.497 e. The van der Waals surface area contributed by atoms with Gasteiger partial charge in [0, 0.05) is 31.0 Å². The minimum Gasteiger partial charge on any atom is -0.497 e. The highest BCUT2D eigenvalue weighted by atomic mass is 79.9. The lowest BCUT2D eigenvalue weighted by molar-refractivity contribution is -0.137. The Morgan fingerprint density at radius 1 is 1.21 bits per heavy atom. The topological polar surface area (TPSA) is 59.5 Å². The van der Waals surface area contributed by atoms with Gasteiger partial charge in [-0.05, 0) is 41.9 Å². The Hall–Kier alpha value is -2.07. The maximum absolute atomic E-state index is 13.1. The van der Waals surface area contributed by atoms with Crippen LogP contribution in [0.1, 0.15) is 19.4 Å². The average molecular weight is 461 g/mol. The highest BCUT2D eigenvalue weighted by molar-refractivity contribution is 9.10. The summed E-state index contributed by atoms with van der Waals surface area (Å²) in [6.07, 6.45) is -2.85. The van der Waals surface area contributed by atoms with Gasteiger partial charge in [-0.15, -0.1) is 0 Å². The molecule has 1 aliphatic rings. The molecule has 152 valence electrons. The number of halogens is 4. The number of nitrogens with zero attached hydrogens (tertiary/aromatic N) is 3. The molecule has 2 unspecified atom stereocenters. The summed E-state index contributed by atoms with van der Waals surface area (Å²) in [6.45, 7) is 5.26. The normalized spacial score (nSPS) is 20.2. The molecule has 10 heteroatoms. The first-order valence-electron chi connectivity index (χ1n) is 8.62. The van der Waals surface area contributed by atoms with Gasteiger partial charge in [0.2, 0.25) is 5.95 Å². The summed E-state index contributed by atoms with van der Waals surface area (Å²) in [7, 11) is 1.31. The van der Waals surface area contributed by atoms with Gasteiger partial charge in [-0.1, -0.05) is 0 Å². The molecule has 1 N–H and O–H groups in total. The summed E-state index contributed by atoms with van der Waals surface area (Å²) in [6, 6.07) is 3.39. The third-order valence-corrected chi connectivity index (χ3v) is 4.73. The average Bonchev–Trinajstić information content (AvgIpc) is 2.61. The zero-order chi connectivity index (χ0) is 20.5. The van der Waals surface area contributed by atoms with Crippen LogP contribution in [0.15, 0.2) is 28.9 Å². The van der Waals surface area contributed by atoms with Crippen LogP contribution in [0.4, 0.5) is 30.6 Å². The fourth-order valence-electron chi connectivity index (χ4n) is 3.07. The molecule has 0 radical (unpaired) electrons. The lowest BCUT2D eigenvalue weighted by Crippen LogP contribution is -2.46. The number of morpholine rings is 1. The molecule has 2 heterocycles. The molecule has 0 saturated carbocycles. The van der Waals surface area contributed by atoms with Gasteiger partial charge < -0.3 is 19.7 Å². The van der Waals surface area contributed by atoms with Crippen molar-refractivity contribution in [3.8, 4) is 5.75 Å². The number of rotatable bonds is 4. The van der Waals surface area contributed by atoms with Crippen LogP contribution in [-0.2, 0) is 10.9 Å². The molecule has 2 aromatic rings. The second kappa shape index (κ2) is 8.12. The summed E-state index contributed by atoms with van der Waals surface area (Å²) in [5, 5.41) is 2.84. The summed E-state index contributed by atoms with van der Waals surface area (Å²) in [4.78, 5) is 10.7. The number of hydrogen-bond acceptors (Lipinski definition) is 6. The van der Waals surface area contributed by atoms with E-state index in [1.807, 2.05) is 13.8 Å². The lowest BCUT2D eigenvalue weighted by atomic mass is 10.2. The molecule has 1 aromatic heterocycles. The first-order chi connectivity index (χ1) is 13.2. The summed E-state index contributed by atoms with van der Waals surface area (Å²) in [5.74, 6) is 0.926. The lowest BCUT2D eigenvalue weighted by Gasteiger charge is -2.36. The SMILES string of the molecule is COc1cc(Nc2ncc(Br)c(N3CC(C)OC(C)C3)n2)cc(C(F)(F)F)c1. The van der Waals surface area contributed by atoms with Crippen molar-refractivity contribution in [3.63, 3.8) is 0 Å². The van der Waals surface area contributed by atoms with Crippen molar-refractivity contribution in [1.29, 1.82) is 0 Å². The summed E-state index contributed by atoms with van der Waals surface area (Å²) in [5.41, 5.74) is -0.633. The van der Waals surface area contributed by atoms with Crippen molar-refractivity contribution in [1.82, 2.24) is 9.97 Å². The Balaban J connectivity index is 1.89. The molecule has 2 atom stereocenters. The van der Waals surface area contributed by atoms with Crippen LogP contribution in [0.3, 0.4) is 0 Å². The zero-order valence-electron chi connectivity index (χ0n) is 15.5. The Bertz CT molecular complexity index is 840. The molecular formula is C18H20BrF3N4O2. The Morgan fingerprint density at radius 3 is 2.50 bits per heavy atom. The number of aromatic nitrogens is 2. The number of benzene rings is 1. The van der Waals surface area contributed by atoms with E-state index in [-0.39, 0.29) is 29.6 Å². The summed E-state index contributed by atoms with van der Waals surface area (Å²) >= 11 is 3.45. The van der Waals surface area contributed by atoms with Crippen LogP contribution < -0.4 is 15.0 Å². The van der Waals surface area contributed by atoms with Crippen LogP contribution in [0.25, 0.3) is 0 Å². The Labute approximate surface area is 169 Å². The summed E-state index contributed by atoms with van der Waals surface area (Å²) < 4.78 is 50.8. The van der Waals surface area contributed by atoms with Gasteiger partial charge >= 0.3 is 6.18 Å². The number of nitrogens with one attached hydrogen (secondary N) is 1. The van der Waals surface area contributed by atoms with Crippen LogP contribution >= 0.6 is 15.9 Å². The van der Waals surface area contributed by atoms with Crippen molar-refractivity contribution in [2.45, 2.75) is 32.2 Å². The quantitative estimate of drug-likeness (QED) is 0.717. The van der Waals surface area contributed by atoms with Crippen LogP contribution in [0.5, 0.6) is 5.75 Å². The maximum Gasteiger partial charge on any atom is 0.416 e. The minimum atomic E-state index is -4.49. The fourth-order valence-corrected chi connectivity index (χ4v) is 3.51. The molecule has 0 bridgehead atoms. The molecule has 3 rings (SSSR count). The van der Waals surface area contributed by atoms with Crippen molar-refractivity contribution < 1.29 is 22.6 Å². The van der Waals surface area contributed by atoms with Crippen LogP contribution in [0.2, 0.25) is 0 Å². The van der Waals surface area contributed by atoms with Gasteiger partial charge in [-0.25, -0.2) is 4.98 Å². The van der Waals surface area contributed by atoms with Crippen molar-refractivity contribution >= 4 is 33.4 Å². The fraction of sp³-hybridized carbons (Fsp3) is 0.444. The van der Waals surface area contributed by atoms with E-state index in [4.69, 9.17) is 9.47 Å². The molecule has 1 aliphatic heterocycles. The molecule has 0 spiro atoms. The number of anilines is 3. The standard InChI is InChI=1S/C18H20BrF3N4O2/c1-10-8-26(9-11(2)28-10)16-15(19)7-23-17(25-16)24-13-4-12(18(20,21)22)5-14(6-13)27-3/h4-7,10-11H,8-9H2,1-3H3,(H,23,24,25).